The Labute approximate surface area is 318 Å². The van der Waals surface area contributed by atoms with Gasteiger partial charge in [0.25, 0.3) is 11.8 Å². The second kappa shape index (κ2) is 16.0. The van der Waals surface area contributed by atoms with Crippen molar-refractivity contribution in [1.29, 1.82) is 0 Å². The summed E-state index contributed by atoms with van der Waals surface area (Å²) < 4.78 is 5.28. The van der Waals surface area contributed by atoms with Crippen LogP contribution in [0.1, 0.15) is 57.7 Å². The Morgan fingerprint density at radius 2 is 1.73 bits per heavy atom. The second-order valence-electron chi connectivity index (χ2n) is 14.4. The zero-order chi connectivity index (χ0) is 38.6. The number of aryl methyl sites for hydroxylation is 1. The molecule has 55 heavy (non-hydrogen) atoms. The van der Waals surface area contributed by atoms with Crippen molar-refractivity contribution in [2.75, 3.05) is 27.2 Å². The minimum atomic E-state index is -1.16. The summed E-state index contributed by atoms with van der Waals surface area (Å²) in [7, 11) is 3.13. The smallest absolute Gasteiger partial charge is 0.275 e. The number of H-pyrrole nitrogens is 1. The second-order valence-corrected chi connectivity index (χ2v) is 14.4. The molecule has 2 saturated heterocycles. The number of fused-ring (bicyclic) bond motifs is 3. The molecule has 0 bridgehead atoms. The summed E-state index contributed by atoms with van der Waals surface area (Å²) in [4.78, 5) is 72.7. The number of amides is 5. The van der Waals surface area contributed by atoms with E-state index in [0.29, 0.717) is 42.4 Å². The fraction of sp³-hybridized carbons (Fsp3) is 0.333. The minimum Gasteiger partial charge on any atom is -0.497 e. The number of methoxy groups -OCH3 is 1. The maximum atomic E-state index is 14.7. The van der Waals surface area contributed by atoms with E-state index >= 15 is 0 Å². The summed E-state index contributed by atoms with van der Waals surface area (Å²) in [6, 6.07) is 23.2. The van der Waals surface area contributed by atoms with Gasteiger partial charge in [0.05, 0.1) is 19.2 Å². The molecule has 0 unspecified atom stereocenters. The van der Waals surface area contributed by atoms with Crippen LogP contribution in [-0.2, 0) is 20.8 Å². The van der Waals surface area contributed by atoms with Gasteiger partial charge >= 0.3 is 0 Å². The first-order valence-corrected chi connectivity index (χ1v) is 18.6. The van der Waals surface area contributed by atoms with E-state index in [1.54, 1.807) is 36.1 Å². The molecule has 1 aromatic heterocycles. The first kappa shape index (κ1) is 37.1. The molecule has 2 aliphatic rings. The van der Waals surface area contributed by atoms with Gasteiger partial charge in [-0.3, -0.25) is 29.1 Å². The summed E-state index contributed by atoms with van der Waals surface area (Å²) in [6.07, 6.45) is 1.78. The monoisotopic (exact) mass is 743 g/mol. The summed E-state index contributed by atoms with van der Waals surface area (Å²) in [5.41, 5.74) is 3.20. The molecule has 4 atom stereocenters. The van der Waals surface area contributed by atoms with E-state index in [1.807, 2.05) is 79.7 Å². The Kier molecular flexibility index (Phi) is 10.8. The van der Waals surface area contributed by atoms with E-state index in [1.165, 1.54) is 0 Å². The van der Waals surface area contributed by atoms with Gasteiger partial charge in [0, 0.05) is 43.0 Å². The Morgan fingerprint density at radius 3 is 2.49 bits per heavy atom. The van der Waals surface area contributed by atoms with Crippen molar-refractivity contribution in [3.63, 3.8) is 0 Å². The highest BCUT2D eigenvalue weighted by atomic mass is 16.5. The van der Waals surface area contributed by atoms with Gasteiger partial charge in [-0.1, -0.05) is 54.1 Å². The average Bonchev–Trinajstić information content (AvgIpc) is 3.82. The quantitative estimate of drug-likeness (QED) is 0.169. The number of benzene rings is 4. The maximum absolute atomic E-state index is 14.7. The lowest BCUT2D eigenvalue weighted by Crippen LogP contribution is -2.61. The zero-order valence-corrected chi connectivity index (χ0v) is 31.1. The standard InChI is InChI=1S/C42H45N7O6/c1-25-8-16-34-33(20-25)38(47-46-34)42(54)48-19-18-31-13-17-36(40(52)44-30(23-37(50)43-2)21-26-9-14-32(55-3)15-10-26)49(31)41(53)35(24-48)45-39(51)29-12-11-27-6-4-5-7-28(27)22-29/h4-12,14-16,20,22,30-31,35-36H,13,17-19,21,23-24H2,1-3H3,(H,43,50)(H,44,52)(H,45,51)(H,46,47)/t30-,31-,35+,36+/m1/s1. The Hall–Kier alpha value is -6.24. The fourth-order valence-electron chi connectivity index (χ4n) is 7.78. The summed E-state index contributed by atoms with van der Waals surface area (Å²) in [6.45, 7) is 2.10. The first-order valence-electron chi connectivity index (χ1n) is 18.6. The molecule has 3 heterocycles. The molecule has 284 valence electrons. The van der Waals surface area contributed by atoms with Crippen molar-refractivity contribution in [2.45, 2.75) is 63.2 Å². The summed E-state index contributed by atoms with van der Waals surface area (Å²) in [5, 5.41) is 18.5. The number of hydrogen-bond acceptors (Lipinski definition) is 7. The third-order valence-corrected chi connectivity index (χ3v) is 10.7. The molecular weight excluding hydrogens is 699 g/mol. The topological polar surface area (TPSA) is 166 Å². The van der Waals surface area contributed by atoms with Crippen molar-refractivity contribution >= 4 is 51.2 Å². The highest BCUT2D eigenvalue weighted by molar-refractivity contribution is 6.06. The SMILES string of the molecule is CNC(=O)C[C@@H](Cc1ccc(OC)cc1)NC(=O)[C@@H]1CC[C@@H]2CCN(C(=O)c3n[nH]c4ccc(C)cc34)C[C@H](NC(=O)c3ccc4ccccc4c3)C(=O)N21. The van der Waals surface area contributed by atoms with Crippen LogP contribution in [0.2, 0.25) is 0 Å². The third-order valence-electron chi connectivity index (χ3n) is 10.7. The van der Waals surface area contributed by atoms with E-state index < -0.39 is 29.9 Å². The van der Waals surface area contributed by atoms with Crippen molar-refractivity contribution in [2.24, 2.45) is 0 Å². The van der Waals surface area contributed by atoms with Crippen LogP contribution in [0.3, 0.4) is 0 Å². The van der Waals surface area contributed by atoms with Crippen molar-refractivity contribution in [1.82, 2.24) is 35.9 Å². The first-order chi connectivity index (χ1) is 26.6. The number of aromatic nitrogens is 2. The Morgan fingerprint density at radius 1 is 0.945 bits per heavy atom. The number of hydrogen-bond donors (Lipinski definition) is 4. The molecule has 0 radical (unpaired) electrons. The van der Waals surface area contributed by atoms with Gasteiger partial charge in [0.15, 0.2) is 5.69 Å². The van der Waals surface area contributed by atoms with Gasteiger partial charge in [0.1, 0.15) is 17.8 Å². The predicted octanol–water partition coefficient (Wildman–Crippen LogP) is 3.90. The van der Waals surface area contributed by atoms with E-state index in [-0.39, 0.29) is 49.0 Å². The lowest BCUT2D eigenvalue weighted by molar-refractivity contribution is -0.143. The van der Waals surface area contributed by atoms with Crippen LogP contribution in [-0.4, -0.2) is 101 Å². The van der Waals surface area contributed by atoms with Gasteiger partial charge < -0.3 is 30.5 Å². The molecular formula is C42H45N7O6. The Balaban J connectivity index is 1.16. The zero-order valence-electron chi connectivity index (χ0n) is 31.1. The lowest BCUT2D eigenvalue weighted by atomic mass is 10.0. The van der Waals surface area contributed by atoms with Crippen LogP contribution < -0.4 is 20.7 Å². The Bertz CT molecular complexity index is 2250. The number of aromatic amines is 1. The number of ether oxygens (including phenoxy) is 1. The molecule has 0 aliphatic carbocycles. The largest absolute Gasteiger partial charge is 0.497 e. The van der Waals surface area contributed by atoms with Gasteiger partial charge in [-0.15, -0.1) is 0 Å². The molecule has 5 aromatic rings. The van der Waals surface area contributed by atoms with Gasteiger partial charge in [-0.25, -0.2) is 0 Å². The molecule has 13 nitrogen and oxygen atoms in total. The predicted molar refractivity (Wildman–Crippen MR) is 208 cm³/mol. The van der Waals surface area contributed by atoms with Gasteiger partial charge in [-0.05, 0) is 85.3 Å². The fourth-order valence-corrected chi connectivity index (χ4v) is 7.78. The highest BCUT2D eigenvalue weighted by Gasteiger charge is 2.46. The molecule has 7 rings (SSSR count). The molecule has 5 amide bonds. The third kappa shape index (κ3) is 8.01. The molecule has 13 heteroatoms. The number of rotatable bonds is 10. The summed E-state index contributed by atoms with van der Waals surface area (Å²) >= 11 is 0. The number of nitrogens with one attached hydrogen (secondary N) is 4. The molecule has 4 N–H and O–H groups in total. The van der Waals surface area contributed by atoms with Crippen LogP contribution in [0, 0.1) is 6.92 Å². The van der Waals surface area contributed by atoms with E-state index in [2.05, 4.69) is 26.1 Å². The van der Waals surface area contributed by atoms with Crippen LogP contribution in [0.25, 0.3) is 21.7 Å². The highest BCUT2D eigenvalue weighted by Crippen LogP contribution is 2.31. The normalized spacial score (nSPS) is 19.0. The molecule has 2 aliphatic heterocycles. The van der Waals surface area contributed by atoms with Gasteiger partial charge in [-0.2, -0.15) is 5.10 Å². The van der Waals surface area contributed by atoms with E-state index in [4.69, 9.17) is 4.74 Å². The number of nitrogens with zero attached hydrogens (tertiary/aromatic N) is 3. The van der Waals surface area contributed by atoms with Crippen LogP contribution in [0.4, 0.5) is 0 Å². The van der Waals surface area contributed by atoms with Crippen molar-refractivity contribution in [3.05, 3.63) is 107 Å². The molecule has 4 aromatic carbocycles. The molecule has 0 spiro atoms. The van der Waals surface area contributed by atoms with Gasteiger partial charge in [0.2, 0.25) is 17.7 Å². The van der Waals surface area contributed by atoms with E-state index in [9.17, 15) is 24.0 Å². The van der Waals surface area contributed by atoms with Crippen molar-refractivity contribution in [3.8, 4) is 5.75 Å². The minimum absolute atomic E-state index is 0.0429. The van der Waals surface area contributed by atoms with Crippen LogP contribution in [0.15, 0.2) is 84.9 Å². The molecule has 2 fully saturated rings. The number of carbonyl (C=O) groups is 5. The summed E-state index contributed by atoms with van der Waals surface area (Å²) in [5.74, 6) is -1.18. The van der Waals surface area contributed by atoms with E-state index in [0.717, 1.165) is 27.4 Å². The maximum Gasteiger partial charge on any atom is 0.275 e. The van der Waals surface area contributed by atoms with Crippen molar-refractivity contribution < 1.29 is 28.7 Å². The van der Waals surface area contributed by atoms with Crippen LogP contribution >= 0.6 is 0 Å². The average molecular weight is 744 g/mol. The molecule has 0 saturated carbocycles. The lowest BCUT2D eigenvalue weighted by Gasteiger charge is -2.39. The number of carbonyl (C=O) groups excluding carboxylic acids is 5. The van der Waals surface area contributed by atoms with Crippen LogP contribution in [0.5, 0.6) is 5.75 Å².